The Balaban J connectivity index is 2.81. The predicted octanol–water partition coefficient (Wildman–Crippen LogP) is 0.541. The Bertz CT molecular complexity index is 480. The van der Waals surface area contributed by atoms with E-state index < -0.39 is 17.8 Å². The molecule has 0 aliphatic heterocycles. The molecule has 1 rings (SSSR count). The van der Waals surface area contributed by atoms with E-state index in [0.717, 1.165) is 0 Å². The van der Waals surface area contributed by atoms with E-state index >= 15 is 0 Å². The Kier molecular flexibility index (Phi) is 5.52. The Morgan fingerprint density at radius 2 is 1.40 bits per heavy atom. The first kappa shape index (κ1) is 15.5. The summed E-state index contributed by atoms with van der Waals surface area (Å²) in [7, 11) is 0. The van der Waals surface area contributed by atoms with Gasteiger partial charge in [0.15, 0.2) is 0 Å². The van der Waals surface area contributed by atoms with Crippen LogP contribution in [0, 0.1) is 0 Å². The third-order valence-corrected chi connectivity index (χ3v) is 2.71. The van der Waals surface area contributed by atoms with Crippen molar-refractivity contribution in [3.8, 4) is 0 Å². The predicted molar refractivity (Wildman–Crippen MR) is 71.7 cm³/mol. The average Bonchev–Trinajstić information content (AvgIpc) is 2.38. The SMILES string of the molecule is NC(=O)c1ccc(N(CCC(=O)O)CCC(=O)O)cc1. The van der Waals surface area contributed by atoms with Crippen LogP contribution in [0.2, 0.25) is 0 Å². The van der Waals surface area contributed by atoms with E-state index in [9.17, 15) is 14.4 Å². The molecular formula is C13H16N2O5. The van der Waals surface area contributed by atoms with Gasteiger partial charge in [0.05, 0.1) is 12.8 Å². The number of carbonyl (C=O) groups is 3. The van der Waals surface area contributed by atoms with Gasteiger partial charge < -0.3 is 20.8 Å². The number of carbonyl (C=O) groups excluding carboxylic acids is 1. The minimum absolute atomic E-state index is 0.100. The van der Waals surface area contributed by atoms with Crippen molar-refractivity contribution in [3.05, 3.63) is 29.8 Å². The lowest BCUT2D eigenvalue weighted by atomic mass is 10.1. The van der Waals surface area contributed by atoms with Crippen LogP contribution in [-0.2, 0) is 9.59 Å². The summed E-state index contributed by atoms with van der Waals surface area (Å²) in [5.74, 6) is -2.47. The lowest BCUT2D eigenvalue weighted by Crippen LogP contribution is -2.28. The largest absolute Gasteiger partial charge is 0.481 e. The van der Waals surface area contributed by atoms with Crippen LogP contribution in [-0.4, -0.2) is 41.1 Å². The van der Waals surface area contributed by atoms with Gasteiger partial charge in [-0.15, -0.1) is 0 Å². The number of primary amides is 1. The van der Waals surface area contributed by atoms with Gasteiger partial charge >= 0.3 is 11.9 Å². The molecule has 1 amide bonds. The summed E-state index contributed by atoms with van der Waals surface area (Å²) in [5.41, 5.74) is 6.12. The molecule has 0 aromatic heterocycles. The zero-order valence-corrected chi connectivity index (χ0v) is 10.8. The normalized spacial score (nSPS) is 10.0. The highest BCUT2D eigenvalue weighted by atomic mass is 16.4. The van der Waals surface area contributed by atoms with Crippen LogP contribution in [0.5, 0.6) is 0 Å². The average molecular weight is 280 g/mol. The van der Waals surface area contributed by atoms with Crippen molar-refractivity contribution in [1.82, 2.24) is 0 Å². The van der Waals surface area contributed by atoms with Crippen molar-refractivity contribution >= 4 is 23.5 Å². The quantitative estimate of drug-likeness (QED) is 0.639. The number of carboxylic acids is 2. The van der Waals surface area contributed by atoms with E-state index in [1.165, 1.54) is 12.1 Å². The van der Waals surface area contributed by atoms with E-state index in [0.29, 0.717) is 11.3 Å². The molecule has 0 spiro atoms. The summed E-state index contributed by atoms with van der Waals surface area (Å²) in [6.07, 6.45) is -0.200. The number of anilines is 1. The fourth-order valence-electron chi connectivity index (χ4n) is 1.67. The van der Waals surface area contributed by atoms with Crippen molar-refractivity contribution in [2.24, 2.45) is 5.73 Å². The Morgan fingerprint density at radius 1 is 0.950 bits per heavy atom. The number of nitrogens with two attached hydrogens (primary N) is 1. The van der Waals surface area contributed by atoms with Gasteiger partial charge in [0.2, 0.25) is 5.91 Å². The third-order valence-electron chi connectivity index (χ3n) is 2.71. The molecular weight excluding hydrogens is 264 g/mol. The van der Waals surface area contributed by atoms with Crippen LogP contribution in [0.25, 0.3) is 0 Å². The van der Waals surface area contributed by atoms with Crippen molar-refractivity contribution < 1.29 is 24.6 Å². The first-order valence-corrected chi connectivity index (χ1v) is 5.98. The molecule has 0 saturated heterocycles. The molecule has 108 valence electrons. The molecule has 0 saturated carbocycles. The van der Waals surface area contributed by atoms with Crippen molar-refractivity contribution in [3.63, 3.8) is 0 Å². The highest BCUT2D eigenvalue weighted by Crippen LogP contribution is 2.16. The Hall–Kier alpha value is -2.57. The lowest BCUT2D eigenvalue weighted by molar-refractivity contribution is -0.137. The van der Waals surface area contributed by atoms with Crippen molar-refractivity contribution in [1.29, 1.82) is 0 Å². The third kappa shape index (κ3) is 4.97. The van der Waals surface area contributed by atoms with Crippen LogP contribution in [0.15, 0.2) is 24.3 Å². The summed E-state index contributed by atoms with van der Waals surface area (Å²) >= 11 is 0. The van der Waals surface area contributed by atoms with E-state index in [1.807, 2.05) is 0 Å². The van der Waals surface area contributed by atoms with E-state index in [2.05, 4.69) is 0 Å². The van der Waals surface area contributed by atoms with Gasteiger partial charge in [0.25, 0.3) is 0 Å². The molecule has 7 heteroatoms. The fourth-order valence-corrected chi connectivity index (χ4v) is 1.67. The van der Waals surface area contributed by atoms with Crippen LogP contribution in [0.4, 0.5) is 5.69 Å². The highest BCUT2D eigenvalue weighted by Gasteiger charge is 2.11. The maximum Gasteiger partial charge on any atom is 0.305 e. The number of benzene rings is 1. The second-order valence-electron chi connectivity index (χ2n) is 4.19. The first-order valence-electron chi connectivity index (χ1n) is 5.98. The van der Waals surface area contributed by atoms with Gasteiger partial charge in [-0.2, -0.15) is 0 Å². The summed E-state index contributed by atoms with van der Waals surface area (Å²) < 4.78 is 0. The maximum absolute atomic E-state index is 11.0. The molecule has 0 heterocycles. The molecule has 0 atom stereocenters. The number of aliphatic carboxylic acids is 2. The van der Waals surface area contributed by atoms with Crippen LogP contribution < -0.4 is 10.6 Å². The smallest absolute Gasteiger partial charge is 0.305 e. The summed E-state index contributed by atoms with van der Waals surface area (Å²) in [6.45, 7) is 0.386. The Labute approximate surface area is 115 Å². The Morgan fingerprint density at radius 3 is 1.75 bits per heavy atom. The number of nitrogens with zero attached hydrogens (tertiary/aromatic N) is 1. The minimum atomic E-state index is -0.959. The second-order valence-corrected chi connectivity index (χ2v) is 4.19. The number of hydrogen-bond acceptors (Lipinski definition) is 4. The molecule has 20 heavy (non-hydrogen) atoms. The van der Waals surface area contributed by atoms with Crippen molar-refractivity contribution in [2.75, 3.05) is 18.0 Å². The van der Waals surface area contributed by atoms with Crippen LogP contribution in [0.3, 0.4) is 0 Å². The molecule has 4 N–H and O–H groups in total. The summed E-state index contributed by atoms with van der Waals surface area (Å²) in [5, 5.41) is 17.4. The van der Waals surface area contributed by atoms with Gasteiger partial charge in [-0.1, -0.05) is 0 Å². The molecule has 0 unspecified atom stereocenters. The number of hydrogen-bond donors (Lipinski definition) is 3. The van der Waals surface area contributed by atoms with Gasteiger partial charge in [0.1, 0.15) is 0 Å². The zero-order chi connectivity index (χ0) is 15.1. The zero-order valence-electron chi connectivity index (χ0n) is 10.8. The molecule has 0 bridgehead atoms. The minimum Gasteiger partial charge on any atom is -0.481 e. The highest BCUT2D eigenvalue weighted by molar-refractivity contribution is 5.93. The molecule has 1 aromatic carbocycles. The van der Waals surface area contributed by atoms with E-state index in [4.69, 9.17) is 15.9 Å². The molecule has 0 fully saturated rings. The molecule has 0 aliphatic rings. The summed E-state index contributed by atoms with van der Waals surface area (Å²) in [4.78, 5) is 33.8. The standard InChI is InChI=1S/C13H16N2O5/c14-13(20)9-1-3-10(4-2-9)15(7-5-11(16)17)8-6-12(18)19/h1-4H,5-8H2,(H2,14,20)(H,16,17)(H,18,19). The first-order chi connectivity index (χ1) is 9.40. The van der Waals surface area contributed by atoms with Gasteiger partial charge in [-0.25, -0.2) is 0 Å². The number of carboxylic acid groups (broad SMARTS) is 2. The number of amides is 1. The van der Waals surface area contributed by atoms with Crippen LogP contribution >= 0.6 is 0 Å². The lowest BCUT2D eigenvalue weighted by Gasteiger charge is -2.23. The topological polar surface area (TPSA) is 121 Å². The molecule has 0 radical (unpaired) electrons. The molecule has 7 nitrogen and oxygen atoms in total. The van der Waals surface area contributed by atoms with Gasteiger partial charge in [-0.05, 0) is 24.3 Å². The number of rotatable bonds is 8. The monoisotopic (exact) mass is 280 g/mol. The molecule has 1 aromatic rings. The van der Waals surface area contributed by atoms with Crippen molar-refractivity contribution in [2.45, 2.75) is 12.8 Å². The van der Waals surface area contributed by atoms with Gasteiger partial charge in [-0.3, -0.25) is 14.4 Å². The molecule has 0 aliphatic carbocycles. The van der Waals surface area contributed by atoms with Gasteiger partial charge in [0, 0.05) is 24.3 Å². The van der Waals surface area contributed by atoms with E-state index in [-0.39, 0.29) is 25.9 Å². The van der Waals surface area contributed by atoms with E-state index in [1.54, 1.807) is 17.0 Å². The second kappa shape index (κ2) is 7.13. The summed E-state index contributed by atoms with van der Waals surface area (Å²) in [6, 6.07) is 6.27. The van der Waals surface area contributed by atoms with Crippen LogP contribution in [0.1, 0.15) is 23.2 Å². The maximum atomic E-state index is 11.0. The fraction of sp³-hybridized carbons (Fsp3) is 0.308.